The van der Waals surface area contributed by atoms with Crippen LogP contribution in [0.25, 0.3) is 0 Å². The Hall–Kier alpha value is -0.650. The molecule has 0 amide bonds. The first-order chi connectivity index (χ1) is 6.87. The molecule has 0 rings (SSSR count). The van der Waals surface area contributed by atoms with Gasteiger partial charge >= 0.3 is 16.1 Å². The number of hydrogen-bond donors (Lipinski definition) is 0. The van der Waals surface area contributed by atoms with Gasteiger partial charge in [-0.3, -0.25) is 9.18 Å². The van der Waals surface area contributed by atoms with Crippen molar-refractivity contribution in [3.05, 3.63) is 0 Å². The van der Waals surface area contributed by atoms with E-state index in [1.165, 1.54) is 0 Å². The molecule has 0 unspecified atom stereocenters. The molecule has 4 nitrogen and oxygen atoms in total. The first-order valence-corrected chi connectivity index (χ1v) is 6.46. The second kappa shape index (κ2) is 6.76. The van der Waals surface area contributed by atoms with Gasteiger partial charge in [-0.25, -0.2) is 0 Å². The molecule has 0 atom stereocenters. The average molecular weight is 240 g/mol. The molecule has 90 valence electrons. The number of halogens is 1. The molecule has 6 heteroatoms. The minimum atomic E-state index is -3.88. The zero-order chi connectivity index (χ0) is 11.9. The van der Waals surface area contributed by atoms with Crippen molar-refractivity contribution in [3.8, 4) is 0 Å². The predicted molar refractivity (Wildman–Crippen MR) is 54.5 cm³/mol. The third kappa shape index (κ3) is 8.35. The van der Waals surface area contributed by atoms with Gasteiger partial charge in [0, 0.05) is 6.42 Å². The summed E-state index contributed by atoms with van der Waals surface area (Å²) in [6.45, 7) is 3.11. The largest absolute Gasteiger partial charge is 0.346 e. The lowest BCUT2D eigenvalue weighted by Crippen LogP contribution is -2.16. The Kier molecular flexibility index (Phi) is 6.47. The third-order valence-electron chi connectivity index (χ3n) is 1.67. The molecule has 0 saturated heterocycles. The number of carbonyl (C=O) groups is 1. The van der Waals surface area contributed by atoms with Gasteiger partial charge < -0.3 is 4.18 Å². The Bertz CT molecular complexity index is 284. The van der Waals surface area contributed by atoms with Gasteiger partial charge in [-0.2, -0.15) is 8.42 Å². The van der Waals surface area contributed by atoms with Crippen LogP contribution in [-0.4, -0.2) is 26.8 Å². The minimum absolute atomic E-state index is 0.0759. The van der Waals surface area contributed by atoms with Crippen LogP contribution >= 0.6 is 0 Å². The highest BCUT2D eigenvalue weighted by Crippen LogP contribution is 2.07. The lowest BCUT2D eigenvalue weighted by molar-refractivity contribution is -0.134. The fourth-order valence-corrected chi connectivity index (χ4v) is 1.78. The van der Waals surface area contributed by atoms with Gasteiger partial charge in [-0.15, -0.1) is 0 Å². The van der Waals surface area contributed by atoms with E-state index < -0.39 is 28.5 Å². The van der Waals surface area contributed by atoms with E-state index in [2.05, 4.69) is 4.18 Å². The Morgan fingerprint density at radius 2 is 2.00 bits per heavy atom. The number of alkyl halides is 1. The highest BCUT2D eigenvalue weighted by molar-refractivity contribution is 7.87. The molecule has 0 bridgehead atoms. The molecule has 0 fully saturated rings. The van der Waals surface area contributed by atoms with Crippen LogP contribution in [0.4, 0.5) is 4.39 Å². The van der Waals surface area contributed by atoms with E-state index >= 15 is 0 Å². The Morgan fingerprint density at radius 1 is 1.40 bits per heavy atom. The van der Waals surface area contributed by atoms with E-state index in [0.717, 1.165) is 0 Å². The smallest absolute Gasteiger partial charge is 0.322 e. The standard InChI is InChI=1S/C9H17FO4S/c1-8(2)4-5-9(11)14-15(12,13)7-3-6-10/h8H,3-7H2,1-2H3. The topological polar surface area (TPSA) is 60.4 Å². The summed E-state index contributed by atoms with van der Waals surface area (Å²) >= 11 is 0. The molecule has 0 aliphatic rings. The zero-order valence-electron chi connectivity index (χ0n) is 9.03. The summed E-state index contributed by atoms with van der Waals surface area (Å²) in [5.74, 6) is -0.898. The highest BCUT2D eigenvalue weighted by Gasteiger charge is 2.16. The number of carbonyl (C=O) groups excluding carboxylic acids is 1. The van der Waals surface area contributed by atoms with E-state index in [4.69, 9.17) is 0 Å². The van der Waals surface area contributed by atoms with Crippen LogP contribution in [0.2, 0.25) is 0 Å². The van der Waals surface area contributed by atoms with Crippen LogP contribution in [-0.2, 0) is 19.1 Å². The zero-order valence-corrected chi connectivity index (χ0v) is 9.85. The van der Waals surface area contributed by atoms with Crippen molar-refractivity contribution in [2.75, 3.05) is 12.4 Å². The molecule has 0 heterocycles. The summed E-state index contributed by atoms with van der Waals surface area (Å²) in [4.78, 5) is 11.0. The fraction of sp³-hybridized carbons (Fsp3) is 0.889. The first kappa shape index (κ1) is 14.3. The quantitative estimate of drug-likeness (QED) is 0.635. The Labute approximate surface area is 89.9 Å². The SMILES string of the molecule is CC(C)CCC(=O)OS(=O)(=O)CCCF. The van der Waals surface area contributed by atoms with Crippen molar-refractivity contribution in [2.45, 2.75) is 33.1 Å². The van der Waals surface area contributed by atoms with Crippen LogP contribution in [0.1, 0.15) is 33.1 Å². The van der Waals surface area contributed by atoms with E-state index in [1.54, 1.807) is 0 Å². The van der Waals surface area contributed by atoms with Crippen molar-refractivity contribution < 1.29 is 21.8 Å². The monoisotopic (exact) mass is 240 g/mol. The van der Waals surface area contributed by atoms with Gasteiger partial charge in [0.15, 0.2) is 0 Å². The van der Waals surface area contributed by atoms with Crippen molar-refractivity contribution in [1.82, 2.24) is 0 Å². The van der Waals surface area contributed by atoms with Crippen molar-refractivity contribution >= 4 is 16.1 Å². The predicted octanol–water partition coefficient (Wildman–Crippen LogP) is 1.66. The normalized spacial score (nSPS) is 11.7. The van der Waals surface area contributed by atoms with Gasteiger partial charge in [0.05, 0.1) is 12.4 Å². The molecule has 0 spiro atoms. The maximum absolute atomic E-state index is 11.7. The summed E-state index contributed by atoms with van der Waals surface area (Å²) in [5, 5.41) is 0. The van der Waals surface area contributed by atoms with Crippen LogP contribution in [0.5, 0.6) is 0 Å². The van der Waals surface area contributed by atoms with E-state index in [9.17, 15) is 17.6 Å². The van der Waals surface area contributed by atoms with Crippen LogP contribution in [0.15, 0.2) is 0 Å². The van der Waals surface area contributed by atoms with Gasteiger partial charge in [0.2, 0.25) is 0 Å². The fourth-order valence-electron chi connectivity index (χ4n) is 0.863. The van der Waals surface area contributed by atoms with Gasteiger partial charge in [-0.05, 0) is 18.8 Å². The van der Waals surface area contributed by atoms with Gasteiger partial charge in [-0.1, -0.05) is 13.8 Å². The van der Waals surface area contributed by atoms with E-state index in [0.29, 0.717) is 12.3 Å². The molecule has 0 saturated carbocycles. The molecule has 0 aromatic carbocycles. The molecule has 15 heavy (non-hydrogen) atoms. The van der Waals surface area contributed by atoms with Crippen LogP contribution in [0, 0.1) is 5.92 Å². The molecule has 0 aliphatic carbocycles. The molecule has 0 N–H and O–H groups in total. The van der Waals surface area contributed by atoms with Crippen molar-refractivity contribution in [2.24, 2.45) is 5.92 Å². The number of hydrogen-bond acceptors (Lipinski definition) is 4. The maximum Gasteiger partial charge on any atom is 0.322 e. The average Bonchev–Trinajstić information content (AvgIpc) is 2.11. The second-order valence-corrected chi connectivity index (χ2v) is 5.38. The van der Waals surface area contributed by atoms with E-state index in [-0.39, 0.29) is 12.8 Å². The Balaban J connectivity index is 3.94. The lowest BCUT2D eigenvalue weighted by Gasteiger charge is -2.05. The van der Waals surface area contributed by atoms with Crippen LogP contribution < -0.4 is 0 Å². The maximum atomic E-state index is 11.7. The van der Waals surface area contributed by atoms with Gasteiger partial charge in [0.25, 0.3) is 0 Å². The molecular formula is C9H17FO4S. The summed E-state index contributed by atoms with van der Waals surface area (Å²) in [7, 11) is -3.88. The number of rotatable bonds is 7. The molecule has 0 aliphatic heterocycles. The third-order valence-corrected chi connectivity index (χ3v) is 2.90. The van der Waals surface area contributed by atoms with Crippen LogP contribution in [0.3, 0.4) is 0 Å². The highest BCUT2D eigenvalue weighted by atomic mass is 32.2. The summed E-state index contributed by atoms with van der Waals surface area (Å²) in [6.07, 6.45) is 0.518. The first-order valence-electron chi connectivity index (χ1n) is 4.88. The van der Waals surface area contributed by atoms with Gasteiger partial charge in [0.1, 0.15) is 0 Å². The lowest BCUT2D eigenvalue weighted by atomic mass is 10.1. The molecule has 0 radical (unpaired) electrons. The van der Waals surface area contributed by atoms with Crippen molar-refractivity contribution in [1.29, 1.82) is 0 Å². The summed E-state index contributed by atoms with van der Waals surface area (Å²) in [5.41, 5.74) is 0. The molecular weight excluding hydrogens is 223 g/mol. The summed E-state index contributed by atoms with van der Waals surface area (Å²) < 4.78 is 38.0. The second-order valence-electron chi connectivity index (χ2n) is 3.69. The van der Waals surface area contributed by atoms with Crippen molar-refractivity contribution in [3.63, 3.8) is 0 Å². The summed E-state index contributed by atoms with van der Waals surface area (Å²) in [6, 6.07) is 0. The minimum Gasteiger partial charge on any atom is -0.346 e. The Morgan fingerprint density at radius 3 is 2.47 bits per heavy atom. The molecule has 0 aromatic heterocycles. The van der Waals surface area contributed by atoms with E-state index in [1.807, 2.05) is 13.8 Å². The molecule has 0 aromatic rings.